The normalized spacial score (nSPS) is 14.7. The highest BCUT2D eigenvalue weighted by Crippen LogP contribution is 2.17. The first-order valence-corrected chi connectivity index (χ1v) is 6.90. The summed E-state index contributed by atoms with van der Waals surface area (Å²) in [6.45, 7) is 8.55. The van der Waals surface area contributed by atoms with E-state index in [1.165, 1.54) is 4.88 Å². The van der Waals surface area contributed by atoms with Crippen LogP contribution in [0.15, 0.2) is 17.5 Å². The van der Waals surface area contributed by atoms with Gasteiger partial charge in [-0.25, -0.2) is 0 Å². The van der Waals surface area contributed by atoms with Crippen molar-refractivity contribution in [1.29, 1.82) is 0 Å². The quantitative estimate of drug-likeness (QED) is 0.877. The van der Waals surface area contributed by atoms with Gasteiger partial charge in [-0.2, -0.15) is 0 Å². The van der Waals surface area contributed by atoms with Crippen LogP contribution in [0.25, 0.3) is 0 Å². The molecule has 4 heteroatoms. The Labute approximate surface area is 108 Å². The van der Waals surface area contributed by atoms with Gasteiger partial charge in [0, 0.05) is 17.0 Å². The van der Waals surface area contributed by atoms with Crippen LogP contribution in [-0.4, -0.2) is 22.9 Å². The van der Waals surface area contributed by atoms with Crippen molar-refractivity contribution in [2.75, 3.05) is 0 Å². The van der Waals surface area contributed by atoms with E-state index >= 15 is 0 Å². The molecule has 1 amide bonds. The van der Waals surface area contributed by atoms with E-state index in [2.05, 4.69) is 6.07 Å². The molecule has 0 spiro atoms. The lowest BCUT2D eigenvalue weighted by Gasteiger charge is -2.30. The monoisotopic (exact) mass is 254 g/mol. The van der Waals surface area contributed by atoms with Gasteiger partial charge in [-0.05, 0) is 32.2 Å². The van der Waals surface area contributed by atoms with Crippen molar-refractivity contribution in [3.63, 3.8) is 0 Å². The Hall–Kier alpha value is -0.870. The van der Waals surface area contributed by atoms with Crippen LogP contribution in [0.4, 0.5) is 0 Å². The SMILES string of the molecule is CC(N)C(C)C(=O)N(Cc1cccs1)C(C)C. The number of nitrogens with two attached hydrogens (primary N) is 1. The molecular formula is C13H22N2OS. The Kier molecular flexibility index (Phi) is 5.15. The topological polar surface area (TPSA) is 46.3 Å². The first-order chi connectivity index (χ1) is 7.93. The zero-order valence-electron chi connectivity index (χ0n) is 11.0. The fraction of sp³-hybridized carbons (Fsp3) is 0.615. The van der Waals surface area contributed by atoms with Crippen LogP contribution in [0.1, 0.15) is 32.6 Å². The molecule has 0 aliphatic rings. The van der Waals surface area contributed by atoms with E-state index in [9.17, 15) is 4.79 Å². The number of nitrogens with zero attached hydrogens (tertiary/aromatic N) is 1. The zero-order valence-corrected chi connectivity index (χ0v) is 11.8. The van der Waals surface area contributed by atoms with Crippen LogP contribution in [0, 0.1) is 5.92 Å². The van der Waals surface area contributed by atoms with Crippen molar-refractivity contribution in [2.45, 2.75) is 46.3 Å². The minimum absolute atomic E-state index is 0.105. The van der Waals surface area contributed by atoms with Crippen molar-refractivity contribution in [2.24, 2.45) is 11.7 Å². The molecule has 1 aromatic rings. The van der Waals surface area contributed by atoms with Crippen LogP contribution >= 0.6 is 11.3 Å². The molecule has 0 aliphatic carbocycles. The molecule has 0 saturated heterocycles. The summed E-state index contributed by atoms with van der Waals surface area (Å²) < 4.78 is 0. The Balaban J connectivity index is 2.76. The van der Waals surface area contributed by atoms with Crippen LogP contribution in [-0.2, 0) is 11.3 Å². The molecule has 2 atom stereocenters. The molecule has 0 aliphatic heterocycles. The highest BCUT2D eigenvalue weighted by Gasteiger charge is 2.25. The summed E-state index contributed by atoms with van der Waals surface area (Å²) in [7, 11) is 0. The van der Waals surface area contributed by atoms with Crippen molar-refractivity contribution < 1.29 is 4.79 Å². The van der Waals surface area contributed by atoms with Crippen molar-refractivity contribution in [1.82, 2.24) is 4.90 Å². The number of hydrogen-bond acceptors (Lipinski definition) is 3. The molecule has 96 valence electrons. The van der Waals surface area contributed by atoms with Gasteiger partial charge in [0.2, 0.25) is 5.91 Å². The first kappa shape index (κ1) is 14.2. The number of amides is 1. The van der Waals surface area contributed by atoms with Gasteiger partial charge in [0.25, 0.3) is 0 Å². The molecule has 0 saturated carbocycles. The standard InChI is InChI=1S/C13H22N2OS/c1-9(2)15(8-12-6-5-7-17-12)13(16)10(3)11(4)14/h5-7,9-11H,8,14H2,1-4H3. The van der Waals surface area contributed by atoms with E-state index in [0.717, 1.165) is 0 Å². The molecule has 0 fully saturated rings. The van der Waals surface area contributed by atoms with E-state index < -0.39 is 0 Å². The van der Waals surface area contributed by atoms with Gasteiger partial charge in [-0.15, -0.1) is 11.3 Å². The van der Waals surface area contributed by atoms with E-state index in [0.29, 0.717) is 6.54 Å². The van der Waals surface area contributed by atoms with Gasteiger partial charge in [0.15, 0.2) is 0 Å². The molecule has 2 N–H and O–H groups in total. The molecule has 0 aromatic carbocycles. The Morgan fingerprint density at radius 3 is 2.47 bits per heavy atom. The lowest BCUT2D eigenvalue weighted by atomic mass is 10.0. The molecule has 17 heavy (non-hydrogen) atoms. The number of thiophene rings is 1. The minimum Gasteiger partial charge on any atom is -0.335 e. The van der Waals surface area contributed by atoms with Gasteiger partial charge in [-0.1, -0.05) is 13.0 Å². The van der Waals surface area contributed by atoms with E-state index in [1.807, 2.05) is 44.0 Å². The second-order valence-electron chi connectivity index (χ2n) is 4.79. The average molecular weight is 254 g/mol. The summed E-state index contributed by atoms with van der Waals surface area (Å²) in [5.41, 5.74) is 5.80. The summed E-state index contributed by atoms with van der Waals surface area (Å²) in [5, 5.41) is 2.04. The van der Waals surface area contributed by atoms with Crippen LogP contribution in [0.2, 0.25) is 0 Å². The highest BCUT2D eigenvalue weighted by molar-refractivity contribution is 7.09. The van der Waals surface area contributed by atoms with Gasteiger partial charge >= 0.3 is 0 Å². The predicted molar refractivity (Wildman–Crippen MR) is 72.8 cm³/mol. The molecule has 1 aromatic heterocycles. The number of rotatable bonds is 5. The van der Waals surface area contributed by atoms with Gasteiger partial charge in [0.1, 0.15) is 0 Å². The molecule has 1 heterocycles. The maximum atomic E-state index is 12.3. The largest absolute Gasteiger partial charge is 0.335 e. The third kappa shape index (κ3) is 3.82. The van der Waals surface area contributed by atoms with Crippen molar-refractivity contribution in [3.8, 4) is 0 Å². The third-order valence-corrected chi connectivity index (χ3v) is 3.85. The summed E-state index contributed by atoms with van der Waals surface area (Å²) in [6, 6.07) is 4.17. The fourth-order valence-electron chi connectivity index (χ4n) is 1.57. The first-order valence-electron chi connectivity index (χ1n) is 6.02. The van der Waals surface area contributed by atoms with Crippen LogP contribution in [0.3, 0.4) is 0 Å². The molecule has 1 rings (SSSR count). The Morgan fingerprint density at radius 2 is 2.06 bits per heavy atom. The molecular weight excluding hydrogens is 232 g/mol. The van der Waals surface area contributed by atoms with Gasteiger partial charge in [0.05, 0.1) is 12.5 Å². The summed E-state index contributed by atoms with van der Waals surface area (Å²) in [4.78, 5) is 15.4. The predicted octanol–water partition coefficient (Wildman–Crippen LogP) is 2.47. The van der Waals surface area contributed by atoms with E-state index in [-0.39, 0.29) is 23.9 Å². The average Bonchev–Trinajstić information content (AvgIpc) is 2.76. The fourth-order valence-corrected chi connectivity index (χ4v) is 2.27. The Bertz CT molecular complexity index is 346. The van der Waals surface area contributed by atoms with Crippen LogP contribution in [0.5, 0.6) is 0 Å². The maximum Gasteiger partial charge on any atom is 0.227 e. The van der Waals surface area contributed by atoms with Crippen LogP contribution < -0.4 is 5.73 Å². The van der Waals surface area contributed by atoms with Gasteiger partial charge < -0.3 is 10.6 Å². The van der Waals surface area contributed by atoms with Gasteiger partial charge in [-0.3, -0.25) is 4.79 Å². The van der Waals surface area contributed by atoms with Crippen molar-refractivity contribution in [3.05, 3.63) is 22.4 Å². The molecule has 3 nitrogen and oxygen atoms in total. The second-order valence-corrected chi connectivity index (χ2v) is 5.82. The highest BCUT2D eigenvalue weighted by atomic mass is 32.1. The maximum absolute atomic E-state index is 12.3. The molecule has 2 unspecified atom stereocenters. The summed E-state index contributed by atoms with van der Waals surface area (Å²) >= 11 is 1.68. The zero-order chi connectivity index (χ0) is 13.0. The lowest BCUT2D eigenvalue weighted by Crippen LogP contribution is -2.44. The van der Waals surface area contributed by atoms with Crippen molar-refractivity contribution >= 4 is 17.2 Å². The lowest BCUT2D eigenvalue weighted by molar-refractivity contribution is -0.137. The second kappa shape index (κ2) is 6.17. The minimum atomic E-state index is -0.127. The van der Waals surface area contributed by atoms with E-state index in [1.54, 1.807) is 11.3 Å². The smallest absolute Gasteiger partial charge is 0.227 e. The van der Waals surface area contributed by atoms with E-state index in [4.69, 9.17) is 5.73 Å². The molecule has 0 bridgehead atoms. The number of carbonyl (C=O) groups is 1. The third-order valence-electron chi connectivity index (χ3n) is 2.99. The summed E-state index contributed by atoms with van der Waals surface area (Å²) in [5.74, 6) is 0.0146. The molecule has 0 radical (unpaired) electrons. The Morgan fingerprint density at radius 1 is 1.41 bits per heavy atom. The summed E-state index contributed by atoms with van der Waals surface area (Å²) in [6.07, 6.45) is 0. The number of hydrogen-bond donors (Lipinski definition) is 1. The number of carbonyl (C=O) groups excluding carboxylic acids is 1.